The molecule has 0 saturated carbocycles. The lowest BCUT2D eigenvalue weighted by molar-refractivity contribution is 0.102. The van der Waals surface area contributed by atoms with Crippen molar-refractivity contribution in [2.75, 3.05) is 12.4 Å². The van der Waals surface area contributed by atoms with Gasteiger partial charge in [-0.2, -0.15) is 0 Å². The number of amides is 1. The van der Waals surface area contributed by atoms with Crippen LogP contribution in [-0.4, -0.2) is 18.1 Å². The molecule has 1 amide bonds. The highest BCUT2D eigenvalue weighted by Crippen LogP contribution is 2.34. The normalized spacial score (nSPS) is 10.3. The molecule has 0 aliphatic carbocycles. The van der Waals surface area contributed by atoms with E-state index in [1.54, 1.807) is 24.3 Å². The number of aliphatic hydroxyl groups is 1. The molecule has 2 N–H and O–H groups in total. The van der Waals surface area contributed by atoms with E-state index in [1.807, 2.05) is 0 Å². The number of benzene rings is 2. The first-order chi connectivity index (χ1) is 10.1. The third-order valence-electron chi connectivity index (χ3n) is 2.90. The number of rotatable bonds is 4. The van der Waals surface area contributed by atoms with Crippen molar-refractivity contribution >= 4 is 34.8 Å². The highest BCUT2D eigenvalue weighted by Gasteiger charge is 2.14. The van der Waals surface area contributed by atoms with Gasteiger partial charge in [0.2, 0.25) is 0 Å². The number of para-hydroxylation sites is 1. The number of nitrogens with one attached hydrogen (secondary N) is 1. The van der Waals surface area contributed by atoms with Crippen LogP contribution in [0.25, 0.3) is 0 Å². The average Bonchev–Trinajstić information content (AvgIpc) is 2.47. The van der Waals surface area contributed by atoms with Crippen LogP contribution >= 0.6 is 23.2 Å². The van der Waals surface area contributed by atoms with Gasteiger partial charge in [0.25, 0.3) is 5.91 Å². The van der Waals surface area contributed by atoms with Crippen LogP contribution in [0.4, 0.5) is 5.69 Å². The molecular weight excluding hydrogens is 313 g/mol. The molecule has 2 aromatic carbocycles. The predicted octanol–water partition coefficient (Wildman–Crippen LogP) is 3.75. The molecule has 0 aliphatic rings. The molecule has 0 spiro atoms. The minimum absolute atomic E-state index is 0.166. The molecule has 0 aliphatic heterocycles. The zero-order valence-corrected chi connectivity index (χ0v) is 12.7. The average molecular weight is 326 g/mol. The van der Waals surface area contributed by atoms with Gasteiger partial charge < -0.3 is 15.2 Å². The van der Waals surface area contributed by atoms with Crippen molar-refractivity contribution in [3.05, 3.63) is 57.6 Å². The summed E-state index contributed by atoms with van der Waals surface area (Å²) in [7, 11) is 1.45. The van der Waals surface area contributed by atoms with Gasteiger partial charge in [0.15, 0.2) is 5.75 Å². The minimum Gasteiger partial charge on any atom is -0.494 e. The van der Waals surface area contributed by atoms with Gasteiger partial charge >= 0.3 is 0 Å². The maximum atomic E-state index is 12.2. The Labute approximate surface area is 132 Å². The summed E-state index contributed by atoms with van der Waals surface area (Å²) in [5.74, 6) is -0.0482. The van der Waals surface area contributed by atoms with E-state index < -0.39 is 0 Å². The Morgan fingerprint density at radius 2 is 1.86 bits per heavy atom. The van der Waals surface area contributed by atoms with Crippen molar-refractivity contribution < 1.29 is 14.6 Å². The fraction of sp³-hybridized carbons (Fsp3) is 0.133. The molecule has 0 bridgehead atoms. The van der Waals surface area contributed by atoms with E-state index in [1.165, 1.54) is 19.2 Å². The largest absolute Gasteiger partial charge is 0.494 e. The van der Waals surface area contributed by atoms with Crippen LogP contribution in [0, 0.1) is 0 Å². The van der Waals surface area contributed by atoms with Gasteiger partial charge in [-0.3, -0.25) is 4.79 Å². The van der Waals surface area contributed by atoms with Crippen molar-refractivity contribution in [3.63, 3.8) is 0 Å². The topological polar surface area (TPSA) is 58.6 Å². The van der Waals surface area contributed by atoms with Gasteiger partial charge in [-0.05, 0) is 18.2 Å². The molecule has 0 heterocycles. The zero-order chi connectivity index (χ0) is 15.4. The molecule has 110 valence electrons. The van der Waals surface area contributed by atoms with Gasteiger partial charge in [-0.25, -0.2) is 0 Å². The Balaban J connectivity index is 2.29. The van der Waals surface area contributed by atoms with E-state index in [0.29, 0.717) is 22.6 Å². The first-order valence-electron chi connectivity index (χ1n) is 6.10. The number of methoxy groups -OCH3 is 1. The lowest BCUT2D eigenvalue weighted by Gasteiger charge is -2.11. The molecule has 4 nitrogen and oxygen atoms in total. The maximum Gasteiger partial charge on any atom is 0.255 e. The Kier molecular flexibility index (Phi) is 5.07. The summed E-state index contributed by atoms with van der Waals surface area (Å²) >= 11 is 12.0. The van der Waals surface area contributed by atoms with E-state index >= 15 is 0 Å². The number of halogens is 2. The number of aliphatic hydroxyl groups excluding tert-OH is 1. The molecule has 6 heteroatoms. The number of ether oxygens (including phenoxy) is 1. The van der Waals surface area contributed by atoms with Gasteiger partial charge in [0, 0.05) is 16.8 Å². The first kappa shape index (κ1) is 15.6. The summed E-state index contributed by atoms with van der Waals surface area (Å²) in [5, 5.41) is 12.5. The van der Waals surface area contributed by atoms with Crippen LogP contribution in [0.1, 0.15) is 15.9 Å². The fourth-order valence-corrected chi connectivity index (χ4v) is 2.50. The summed E-state index contributed by atoms with van der Waals surface area (Å²) < 4.78 is 5.04. The summed E-state index contributed by atoms with van der Waals surface area (Å²) in [6, 6.07) is 9.93. The van der Waals surface area contributed by atoms with Crippen molar-refractivity contribution in [2.45, 2.75) is 6.61 Å². The van der Waals surface area contributed by atoms with E-state index in [0.717, 1.165) is 0 Å². The number of hydrogen-bond donors (Lipinski definition) is 2. The van der Waals surface area contributed by atoms with Crippen molar-refractivity contribution in [1.82, 2.24) is 0 Å². The van der Waals surface area contributed by atoms with Crippen LogP contribution in [0.15, 0.2) is 36.4 Å². The zero-order valence-electron chi connectivity index (χ0n) is 11.2. The summed E-state index contributed by atoms with van der Waals surface area (Å²) in [6.45, 7) is -0.166. The van der Waals surface area contributed by atoms with Crippen molar-refractivity contribution in [1.29, 1.82) is 0 Å². The highest BCUT2D eigenvalue weighted by atomic mass is 35.5. The van der Waals surface area contributed by atoms with Gasteiger partial charge in [-0.1, -0.05) is 41.4 Å². The molecule has 0 fully saturated rings. The lowest BCUT2D eigenvalue weighted by Crippen LogP contribution is -2.13. The Bertz CT molecular complexity index is 651. The van der Waals surface area contributed by atoms with Crippen LogP contribution in [0.2, 0.25) is 10.0 Å². The monoisotopic (exact) mass is 325 g/mol. The number of anilines is 1. The summed E-state index contributed by atoms with van der Waals surface area (Å²) in [5.41, 5.74) is 1.46. The minimum atomic E-state index is -0.373. The lowest BCUT2D eigenvalue weighted by atomic mass is 10.1. The third kappa shape index (κ3) is 3.47. The second kappa shape index (κ2) is 6.80. The highest BCUT2D eigenvalue weighted by molar-refractivity contribution is 6.37. The molecule has 0 unspecified atom stereocenters. The van der Waals surface area contributed by atoms with E-state index in [4.69, 9.17) is 27.9 Å². The molecule has 2 rings (SSSR count). The van der Waals surface area contributed by atoms with Gasteiger partial charge in [0.1, 0.15) is 0 Å². The van der Waals surface area contributed by atoms with Crippen molar-refractivity contribution in [2.24, 2.45) is 0 Å². The standard InChI is InChI=1S/C15H13Cl2NO3/c1-21-14-11(16)6-10(7-12(14)17)15(20)18-13-5-3-2-4-9(13)8-19/h2-7,19H,8H2,1H3,(H,18,20). The van der Waals surface area contributed by atoms with E-state index in [9.17, 15) is 9.90 Å². The van der Waals surface area contributed by atoms with E-state index in [-0.39, 0.29) is 22.6 Å². The molecular formula is C15H13Cl2NO3. The second-order valence-corrected chi connectivity index (χ2v) is 5.06. The fourth-order valence-electron chi connectivity index (χ4n) is 1.86. The Hall–Kier alpha value is -1.75. The van der Waals surface area contributed by atoms with Crippen LogP contribution in [0.5, 0.6) is 5.75 Å². The Morgan fingerprint density at radius 3 is 2.43 bits per heavy atom. The summed E-state index contributed by atoms with van der Waals surface area (Å²) in [6.07, 6.45) is 0. The van der Waals surface area contributed by atoms with Gasteiger partial charge in [-0.15, -0.1) is 0 Å². The molecule has 21 heavy (non-hydrogen) atoms. The smallest absolute Gasteiger partial charge is 0.255 e. The quantitative estimate of drug-likeness (QED) is 0.900. The third-order valence-corrected chi connectivity index (χ3v) is 3.46. The number of carbonyl (C=O) groups is 1. The first-order valence-corrected chi connectivity index (χ1v) is 6.85. The predicted molar refractivity (Wildman–Crippen MR) is 83.3 cm³/mol. The SMILES string of the molecule is COc1c(Cl)cc(C(=O)Nc2ccccc2CO)cc1Cl. The van der Waals surface area contributed by atoms with Crippen LogP contribution in [0.3, 0.4) is 0 Å². The summed E-state index contributed by atoms with van der Waals surface area (Å²) in [4.78, 5) is 12.2. The molecule has 0 saturated heterocycles. The molecule has 2 aromatic rings. The maximum absolute atomic E-state index is 12.2. The van der Waals surface area contributed by atoms with Crippen LogP contribution < -0.4 is 10.1 Å². The molecule has 0 aromatic heterocycles. The van der Waals surface area contributed by atoms with Crippen molar-refractivity contribution in [3.8, 4) is 5.75 Å². The second-order valence-electron chi connectivity index (χ2n) is 4.24. The molecule has 0 atom stereocenters. The Morgan fingerprint density at radius 1 is 1.24 bits per heavy atom. The number of hydrogen-bond acceptors (Lipinski definition) is 3. The van der Waals surface area contributed by atoms with E-state index in [2.05, 4.69) is 5.32 Å². The number of carbonyl (C=O) groups excluding carboxylic acids is 1. The van der Waals surface area contributed by atoms with Gasteiger partial charge in [0.05, 0.1) is 23.8 Å². The molecule has 0 radical (unpaired) electrons. The van der Waals surface area contributed by atoms with Crippen LogP contribution in [-0.2, 0) is 6.61 Å².